The van der Waals surface area contributed by atoms with Gasteiger partial charge in [-0.2, -0.15) is 0 Å². The van der Waals surface area contributed by atoms with Crippen LogP contribution in [0.25, 0.3) is 11.0 Å². The van der Waals surface area contributed by atoms with Crippen LogP contribution in [0.5, 0.6) is 5.75 Å². The van der Waals surface area contributed by atoms with Crippen LogP contribution in [0, 0.1) is 5.82 Å². The van der Waals surface area contributed by atoms with Crippen LogP contribution < -0.4 is 10.2 Å². The van der Waals surface area contributed by atoms with Crippen LogP contribution in [-0.2, 0) is 6.42 Å². The van der Waals surface area contributed by atoms with Crippen molar-refractivity contribution in [3.8, 4) is 5.75 Å². The molecule has 0 aliphatic carbocycles. The highest BCUT2D eigenvalue weighted by atomic mass is 35.5. The summed E-state index contributed by atoms with van der Waals surface area (Å²) in [4.78, 5) is 28.4. The second-order valence-corrected chi connectivity index (χ2v) is 8.30. The topological polar surface area (TPSA) is 59.8 Å². The summed E-state index contributed by atoms with van der Waals surface area (Å²) in [5.74, 6) is -0.176. The highest BCUT2D eigenvalue weighted by molar-refractivity contribution is 6.30. The molecule has 7 heteroatoms. The van der Waals surface area contributed by atoms with Crippen molar-refractivity contribution in [2.75, 3.05) is 13.7 Å². The molecule has 0 saturated carbocycles. The molecule has 1 unspecified atom stereocenters. The lowest BCUT2D eigenvalue weighted by molar-refractivity contribution is 0.0730. The van der Waals surface area contributed by atoms with E-state index in [1.54, 1.807) is 36.3 Å². The Hall–Kier alpha value is -3.64. The number of carbonyl (C=O) groups is 1. The number of hydrogen-bond donors (Lipinski definition) is 0. The van der Waals surface area contributed by atoms with Crippen LogP contribution in [0.4, 0.5) is 4.39 Å². The van der Waals surface area contributed by atoms with E-state index in [1.165, 1.54) is 12.1 Å². The first-order valence-electron chi connectivity index (χ1n) is 10.4. The molecule has 1 aromatic heterocycles. The van der Waals surface area contributed by atoms with Gasteiger partial charge in [0.2, 0.25) is 5.76 Å². The number of hydrogen-bond acceptors (Lipinski definition) is 4. The molecule has 1 aliphatic rings. The quantitative estimate of drug-likeness (QED) is 0.398. The van der Waals surface area contributed by atoms with Gasteiger partial charge in [-0.3, -0.25) is 9.59 Å². The van der Waals surface area contributed by atoms with Crippen molar-refractivity contribution in [2.24, 2.45) is 0 Å². The van der Waals surface area contributed by atoms with Gasteiger partial charge in [0.15, 0.2) is 5.43 Å². The zero-order valence-electron chi connectivity index (χ0n) is 17.7. The zero-order valence-corrected chi connectivity index (χ0v) is 18.4. The van der Waals surface area contributed by atoms with Crippen LogP contribution >= 0.6 is 11.6 Å². The Kier molecular flexibility index (Phi) is 5.38. The second kappa shape index (κ2) is 8.37. The van der Waals surface area contributed by atoms with Gasteiger partial charge >= 0.3 is 0 Å². The second-order valence-electron chi connectivity index (χ2n) is 7.87. The summed E-state index contributed by atoms with van der Waals surface area (Å²) >= 11 is 6.06. The highest BCUT2D eigenvalue weighted by Gasteiger charge is 2.42. The van der Waals surface area contributed by atoms with E-state index in [0.29, 0.717) is 18.0 Å². The fourth-order valence-corrected chi connectivity index (χ4v) is 4.38. The predicted octanol–water partition coefficient (Wildman–Crippen LogP) is 5.38. The van der Waals surface area contributed by atoms with E-state index < -0.39 is 17.3 Å². The Bertz CT molecular complexity index is 1410. The fraction of sp³-hybridized carbons (Fsp3) is 0.154. The van der Waals surface area contributed by atoms with E-state index in [-0.39, 0.29) is 28.2 Å². The largest absolute Gasteiger partial charge is 0.497 e. The number of benzene rings is 3. The van der Waals surface area contributed by atoms with Crippen LogP contribution in [-0.4, -0.2) is 24.5 Å². The molecule has 1 aliphatic heterocycles. The molecule has 166 valence electrons. The lowest BCUT2D eigenvalue weighted by Crippen LogP contribution is -2.31. The van der Waals surface area contributed by atoms with Crippen molar-refractivity contribution in [1.29, 1.82) is 0 Å². The summed E-state index contributed by atoms with van der Waals surface area (Å²) < 4.78 is 24.9. The molecule has 1 amide bonds. The van der Waals surface area contributed by atoms with Gasteiger partial charge < -0.3 is 14.1 Å². The van der Waals surface area contributed by atoms with Crippen LogP contribution in [0.3, 0.4) is 0 Å². The number of methoxy groups -OCH3 is 1. The Morgan fingerprint density at radius 1 is 1.03 bits per heavy atom. The van der Waals surface area contributed by atoms with Gasteiger partial charge in [0, 0.05) is 11.6 Å². The number of amides is 1. The minimum absolute atomic E-state index is 0.00575. The van der Waals surface area contributed by atoms with E-state index >= 15 is 0 Å². The van der Waals surface area contributed by atoms with E-state index in [1.807, 2.05) is 24.3 Å². The first-order chi connectivity index (χ1) is 16.0. The van der Waals surface area contributed by atoms with E-state index in [0.717, 1.165) is 22.9 Å². The molecule has 5 rings (SSSR count). The molecule has 0 fully saturated rings. The summed E-state index contributed by atoms with van der Waals surface area (Å²) in [7, 11) is 1.60. The smallest absolute Gasteiger partial charge is 0.290 e. The number of fused-ring (bicyclic) bond motifs is 2. The maximum atomic E-state index is 13.9. The van der Waals surface area contributed by atoms with Crippen molar-refractivity contribution in [3.05, 3.63) is 110 Å². The maximum Gasteiger partial charge on any atom is 0.290 e. The summed E-state index contributed by atoms with van der Waals surface area (Å²) in [6.07, 6.45) is 0.566. The molecule has 5 nitrogen and oxygen atoms in total. The number of nitrogens with zero attached hydrogens (tertiary/aromatic N) is 1. The number of rotatable bonds is 5. The molecule has 4 aromatic rings. The normalized spacial score (nSPS) is 15.2. The number of carbonyl (C=O) groups excluding carboxylic acids is 1. The van der Waals surface area contributed by atoms with Crippen molar-refractivity contribution in [1.82, 2.24) is 4.90 Å². The van der Waals surface area contributed by atoms with Gasteiger partial charge in [0.1, 0.15) is 17.1 Å². The summed E-state index contributed by atoms with van der Waals surface area (Å²) in [6.45, 7) is 0.354. The zero-order chi connectivity index (χ0) is 23.1. The molecule has 0 bridgehead atoms. The Morgan fingerprint density at radius 3 is 2.45 bits per heavy atom. The molecule has 2 heterocycles. The van der Waals surface area contributed by atoms with Crippen molar-refractivity contribution >= 4 is 28.5 Å². The van der Waals surface area contributed by atoms with Crippen molar-refractivity contribution in [2.45, 2.75) is 12.5 Å². The van der Waals surface area contributed by atoms with Crippen LogP contribution in [0.1, 0.15) is 33.3 Å². The molecule has 3 aromatic carbocycles. The average Bonchev–Trinajstić information content (AvgIpc) is 3.11. The molecule has 0 spiro atoms. The first kappa shape index (κ1) is 21.2. The molecule has 0 saturated heterocycles. The highest BCUT2D eigenvalue weighted by Crippen LogP contribution is 2.38. The monoisotopic (exact) mass is 463 g/mol. The first-order valence-corrected chi connectivity index (χ1v) is 10.8. The van der Waals surface area contributed by atoms with Crippen LogP contribution in [0.15, 0.2) is 75.9 Å². The predicted molar refractivity (Wildman–Crippen MR) is 123 cm³/mol. The molecule has 1 atom stereocenters. The van der Waals surface area contributed by atoms with E-state index in [9.17, 15) is 14.0 Å². The van der Waals surface area contributed by atoms with Crippen molar-refractivity contribution in [3.63, 3.8) is 0 Å². The SMILES string of the molecule is COc1ccc(CCN2C(=O)c3oc4ccc(F)cc4c(=O)c3C2c2ccc(Cl)cc2)cc1. The Labute approximate surface area is 194 Å². The van der Waals surface area contributed by atoms with E-state index in [2.05, 4.69) is 0 Å². The summed E-state index contributed by atoms with van der Waals surface area (Å²) in [5, 5.41) is 0.651. The third-order valence-corrected chi connectivity index (χ3v) is 6.17. The van der Waals surface area contributed by atoms with E-state index in [4.69, 9.17) is 20.8 Å². The molecular weight excluding hydrogens is 445 g/mol. The maximum absolute atomic E-state index is 13.9. The lowest BCUT2D eigenvalue weighted by Gasteiger charge is -2.25. The lowest BCUT2D eigenvalue weighted by atomic mass is 9.98. The van der Waals surface area contributed by atoms with Gasteiger partial charge in [-0.1, -0.05) is 35.9 Å². The molecule has 0 N–H and O–H groups in total. The molecular formula is C26H19ClFNO4. The standard InChI is InChI=1S/C26H19ClFNO4/c1-32-19-9-2-15(3-10-19)12-13-29-23(16-4-6-17(27)7-5-16)22-24(30)20-14-18(28)8-11-21(20)33-25(22)26(29)31/h2-11,14,23H,12-13H2,1H3. The minimum atomic E-state index is -0.660. The Balaban J connectivity index is 1.60. The summed E-state index contributed by atoms with van der Waals surface area (Å²) in [5.41, 5.74) is 1.73. The third-order valence-electron chi connectivity index (χ3n) is 5.91. The van der Waals surface area contributed by atoms with Crippen LogP contribution in [0.2, 0.25) is 5.02 Å². The third kappa shape index (κ3) is 3.76. The molecule has 0 radical (unpaired) electrons. The fourth-order valence-electron chi connectivity index (χ4n) is 4.26. The number of ether oxygens (including phenoxy) is 1. The minimum Gasteiger partial charge on any atom is -0.497 e. The van der Waals surface area contributed by atoms with Gasteiger partial charge in [-0.05, 0) is 60.0 Å². The van der Waals surface area contributed by atoms with Crippen molar-refractivity contribution < 1.29 is 18.3 Å². The average molecular weight is 464 g/mol. The van der Waals surface area contributed by atoms with Gasteiger partial charge in [0.25, 0.3) is 5.91 Å². The van der Waals surface area contributed by atoms with Gasteiger partial charge in [0.05, 0.1) is 24.1 Å². The van der Waals surface area contributed by atoms with Gasteiger partial charge in [-0.15, -0.1) is 0 Å². The molecule has 33 heavy (non-hydrogen) atoms. The summed E-state index contributed by atoms with van der Waals surface area (Å²) in [6, 6.07) is 17.6. The number of halogens is 2. The Morgan fingerprint density at radius 2 is 1.76 bits per heavy atom. The van der Waals surface area contributed by atoms with Gasteiger partial charge in [-0.25, -0.2) is 4.39 Å².